The summed E-state index contributed by atoms with van der Waals surface area (Å²) in [6.07, 6.45) is 1.88. The first-order valence-electron chi connectivity index (χ1n) is 25.9. The summed E-state index contributed by atoms with van der Waals surface area (Å²) in [5.74, 6) is 1.01. The number of pyridine rings is 1. The number of rotatable bonds is 10. The molecule has 1 aliphatic rings. The van der Waals surface area contributed by atoms with Gasteiger partial charge >= 0.3 is 27.1 Å². The number of hydrogen-bond acceptors (Lipinski definition) is 2. The van der Waals surface area contributed by atoms with Crippen LogP contribution in [0.4, 0.5) is 31.5 Å². The van der Waals surface area contributed by atoms with Gasteiger partial charge in [0.1, 0.15) is 23.1 Å². The van der Waals surface area contributed by atoms with Crippen LogP contribution in [-0.2, 0) is 31.9 Å². The van der Waals surface area contributed by atoms with E-state index >= 15 is 8.78 Å². The van der Waals surface area contributed by atoms with Crippen LogP contribution in [0.1, 0.15) is 103 Å². The summed E-state index contributed by atoms with van der Waals surface area (Å²) >= 11 is 0. The van der Waals surface area contributed by atoms with Crippen molar-refractivity contribution in [3.05, 3.63) is 216 Å². The molecule has 2 aromatic heterocycles. The third-order valence-electron chi connectivity index (χ3n) is 14.4. The first-order valence-corrected chi connectivity index (χ1v) is 25.9. The number of nitrogens with zero attached hydrogens (tertiary/aromatic N) is 4. The van der Waals surface area contributed by atoms with E-state index in [2.05, 4.69) is 200 Å². The van der Waals surface area contributed by atoms with Crippen molar-refractivity contribution >= 4 is 50.6 Å². The van der Waals surface area contributed by atoms with E-state index in [1.807, 2.05) is 53.2 Å². The van der Waals surface area contributed by atoms with Gasteiger partial charge in [-0.3, -0.25) is 0 Å². The van der Waals surface area contributed by atoms with Gasteiger partial charge in [-0.05, 0) is 114 Å². The van der Waals surface area contributed by atoms with Crippen molar-refractivity contribution in [3.63, 3.8) is 0 Å². The van der Waals surface area contributed by atoms with Gasteiger partial charge in [-0.25, -0.2) is 13.8 Å². The van der Waals surface area contributed by atoms with Gasteiger partial charge in [-0.1, -0.05) is 170 Å². The summed E-state index contributed by atoms with van der Waals surface area (Å²) < 4.78 is 44.2. The van der Waals surface area contributed by atoms with Gasteiger partial charge in [0.15, 0.2) is 0 Å². The molecule has 0 N–H and O–H groups in total. The number of hydrogen-bond donors (Lipinski definition) is 0. The molecule has 0 saturated carbocycles. The smallest absolute Gasteiger partial charge is 0.509 e. The Labute approximate surface area is 459 Å². The fourth-order valence-corrected chi connectivity index (χ4v) is 10.2. The Balaban J connectivity index is 0.00000657. The molecule has 11 rings (SSSR count). The molecule has 1 aliphatic heterocycles. The second-order valence-corrected chi connectivity index (χ2v) is 22.5. The molecule has 0 saturated heterocycles. The van der Waals surface area contributed by atoms with E-state index in [1.165, 1.54) is 28.8 Å². The van der Waals surface area contributed by atoms with Crippen molar-refractivity contribution in [3.8, 4) is 50.7 Å². The Morgan fingerprint density at radius 1 is 0.539 bits per heavy atom. The Morgan fingerprint density at radius 2 is 1.14 bits per heavy atom. The minimum absolute atomic E-state index is 0. The molecule has 0 aliphatic carbocycles. The summed E-state index contributed by atoms with van der Waals surface area (Å²) in [6.45, 7) is 22.0. The fraction of sp³-hybridized carbons (Fsp3) is 0.206. The molecule has 8 heteroatoms. The van der Waals surface area contributed by atoms with Crippen LogP contribution in [0.5, 0.6) is 11.5 Å². The molecule has 3 heterocycles. The number of aromatic nitrogens is 2. The zero-order chi connectivity index (χ0) is 52.5. The number of para-hydroxylation sites is 3. The van der Waals surface area contributed by atoms with Gasteiger partial charge in [-0.2, -0.15) is 6.07 Å². The van der Waals surface area contributed by atoms with E-state index in [0.717, 1.165) is 78.6 Å². The van der Waals surface area contributed by atoms with Crippen LogP contribution < -0.4 is 13.9 Å². The van der Waals surface area contributed by atoms with Gasteiger partial charge < -0.3 is 9.30 Å². The number of ether oxygens (including phenoxy) is 1. The molecule has 0 amide bonds. The van der Waals surface area contributed by atoms with E-state index in [9.17, 15) is 0 Å². The van der Waals surface area contributed by atoms with Gasteiger partial charge in [0.2, 0.25) is 5.69 Å². The summed E-state index contributed by atoms with van der Waals surface area (Å²) in [6, 6.07) is 65.2. The monoisotopic (exact) mass is 1180 g/mol. The fourth-order valence-electron chi connectivity index (χ4n) is 10.2. The average Bonchev–Trinajstić information content (AvgIpc) is 3.98. The van der Waals surface area contributed by atoms with Crippen LogP contribution >= 0.6 is 0 Å². The Bertz CT molecular complexity index is 3920. The van der Waals surface area contributed by atoms with Crippen LogP contribution in [0.25, 0.3) is 61.0 Å². The average molecular weight is 1180 g/mol. The van der Waals surface area contributed by atoms with E-state index in [-0.39, 0.29) is 43.7 Å². The number of benzene rings is 8. The van der Waals surface area contributed by atoms with Crippen LogP contribution in [0.15, 0.2) is 170 Å². The third-order valence-corrected chi connectivity index (χ3v) is 14.4. The molecule has 0 spiro atoms. The molecule has 0 fully saturated rings. The van der Waals surface area contributed by atoms with Gasteiger partial charge in [0.25, 0.3) is 11.4 Å². The molecular formula is C68H60F2N4OPt+2. The maximum absolute atomic E-state index is 15.5. The zero-order valence-corrected chi connectivity index (χ0v) is 46.9. The predicted octanol–water partition coefficient (Wildman–Crippen LogP) is 18.5. The topological polar surface area (TPSA) is 33.1 Å². The minimum Gasteiger partial charge on any atom is -0.509 e. The molecule has 5 nitrogen and oxygen atoms in total. The number of halogens is 2. The van der Waals surface area contributed by atoms with E-state index < -0.39 is 11.6 Å². The Morgan fingerprint density at radius 3 is 1.79 bits per heavy atom. The van der Waals surface area contributed by atoms with Gasteiger partial charge in [0, 0.05) is 41.4 Å². The second-order valence-electron chi connectivity index (χ2n) is 22.5. The van der Waals surface area contributed by atoms with E-state index in [4.69, 9.17) is 9.72 Å². The Hall–Kier alpha value is -7.56. The van der Waals surface area contributed by atoms with E-state index in [0.29, 0.717) is 28.3 Å². The van der Waals surface area contributed by atoms with Crippen LogP contribution in [0.2, 0.25) is 0 Å². The van der Waals surface area contributed by atoms with Gasteiger partial charge in [0.05, 0.1) is 11.1 Å². The van der Waals surface area contributed by atoms with Crippen molar-refractivity contribution in [1.82, 2.24) is 18.7 Å². The van der Waals surface area contributed by atoms with Crippen molar-refractivity contribution in [1.29, 1.82) is 0 Å². The standard InChI is InChI=1S/C68H60F2N4O.Pt/c1-42(2)45-28-46(43(3)4)30-48(29-45)59-35-51(68(8,9)10)36-60(49-31-52(69)38-53(70)32-49)66(59)73-41-72(62-22-16-17-23-63(62)73)54-33-47(44-18-12-11-13-19-44)34-56(39-54)75-55-24-25-58-57-20-14-15-21-61(57)74(64(58)40-55)65-37-50(26-27-71-65)67(5,6)7;/h11-38,42-43H,1-10H3;/q;+2. The molecule has 0 bridgehead atoms. The normalized spacial score (nSPS) is 12.6. The zero-order valence-electron chi connectivity index (χ0n) is 44.6. The van der Waals surface area contributed by atoms with Crippen LogP contribution in [-0.4, -0.2) is 15.6 Å². The first-order chi connectivity index (χ1) is 35.9. The molecule has 8 aromatic carbocycles. The van der Waals surface area contributed by atoms with E-state index in [1.54, 1.807) is 0 Å². The quantitative estimate of drug-likeness (QED) is 0.101. The predicted molar refractivity (Wildman–Crippen MR) is 305 cm³/mol. The van der Waals surface area contributed by atoms with Crippen molar-refractivity contribution in [2.45, 2.75) is 91.9 Å². The molecule has 0 radical (unpaired) electrons. The maximum atomic E-state index is 15.5. The summed E-state index contributed by atoms with van der Waals surface area (Å²) in [4.78, 5) is 4.89. The third kappa shape index (κ3) is 9.91. The largest absolute Gasteiger partial charge is 2.00 e. The van der Waals surface area contributed by atoms with Crippen molar-refractivity contribution in [2.24, 2.45) is 0 Å². The molecule has 10 aromatic rings. The molecule has 0 unspecified atom stereocenters. The first kappa shape index (κ1) is 51.9. The van der Waals surface area contributed by atoms with Crippen LogP contribution in [0, 0.1) is 23.8 Å². The Kier molecular flexibility index (Phi) is 13.8. The molecular weight excluding hydrogens is 1120 g/mol. The van der Waals surface area contributed by atoms with Crippen molar-refractivity contribution in [2.75, 3.05) is 0 Å². The summed E-state index contributed by atoms with van der Waals surface area (Å²) in [5.41, 5.74) is 14.1. The number of fused-ring (bicyclic) bond motifs is 4. The molecule has 76 heavy (non-hydrogen) atoms. The SMILES string of the molecule is CC(C)c1cc(-c2cc(C(C)(C)C)cc(-c3cc(F)cc(F)c3)c2[N+]2=C=[N+](c3[c-]c(Oc4[c-]c5c(cc4)c4ccccc4n5-c4cc(C(C)(C)C)ccn4)cc(-c4ccccc4)c3)c3ccccc32)cc(C(C)C)c1.[Pt+2]. The van der Waals surface area contributed by atoms with Crippen LogP contribution in [0.3, 0.4) is 0 Å². The van der Waals surface area contributed by atoms with Crippen molar-refractivity contribution < 1.29 is 34.6 Å². The maximum Gasteiger partial charge on any atom is 2.00 e. The molecule has 380 valence electrons. The summed E-state index contributed by atoms with van der Waals surface area (Å²) in [7, 11) is 0. The molecule has 0 atom stereocenters. The summed E-state index contributed by atoms with van der Waals surface area (Å²) in [5, 5.41) is 2.13. The van der Waals surface area contributed by atoms with Gasteiger partial charge in [-0.15, -0.1) is 29.1 Å². The second kappa shape index (κ2) is 20.2. The minimum atomic E-state index is -0.650.